The quantitative estimate of drug-likeness (QED) is 0.654. The minimum atomic E-state index is 0.479. The van der Waals surface area contributed by atoms with Crippen molar-refractivity contribution in [2.75, 3.05) is 32.0 Å². The number of nitrogens with zero attached hydrogens (tertiary/aromatic N) is 1. The van der Waals surface area contributed by atoms with Crippen LogP contribution < -0.4 is 10.5 Å². The molecule has 0 aliphatic carbocycles. The summed E-state index contributed by atoms with van der Waals surface area (Å²) >= 11 is 0. The van der Waals surface area contributed by atoms with Gasteiger partial charge in [-0.05, 0) is 43.4 Å². The normalized spacial score (nSPS) is 19.3. The van der Waals surface area contributed by atoms with Crippen LogP contribution in [0.15, 0.2) is 24.3 Å². The van der Waals surface area contributed by atoms with Crippen LogP contribution in [0.1, 0.15) is 33.1 Å². The zero-order valence-electron chi connectivity index (χ0n) is 12.2. The van der Waals surface area contributed by atoms with Crippen LogP contribution in [-0.4, -0.2) is 31.1 Å². The highest BCUT2D eigenvalue weighted by molar-refractivity contribution is 5.43. The molecule has 0 bridgehead atoms. The highest BCUT2D eigenvalue weighted by Crippen LogP contribution is 2.28. The summed E-state index contributed by atoms with van der Waals surface area (Å²) in [5.41, 5.74) is 6.96. The lowest BCUT2D eigenvalue weighted by molar-refractivity contribution is 0.111. The molecule has 1 aromatic carbocycles. The largest absolute Gasteiger partial charge is 0.493 e. The molecule has 19 heavy (non-hydrogen) atoms. The highest BCUT2D eigenvalue weighted by Gasteiger charge is 2.25. The first-order chi connectivity index (χ1) is 9.05. The smallest absolute Gasteiger partial charge is 0.121 e. The zero-order valence-corrected chi connectivity index (χ0v) is 12.2. The lowest BCUT2D eigenvalue weighted by Crippen LogP contribution is -2.40. The van der Waals surface area contributed by atoms with Crippen molar-refractivity contribution >= 4 is 5.69 Å². The van der Waals surface area contributed by atoms with E-state index in [4.69, 9.17) is 10.5 Å². The Labute approximate surface area is 116 Å². The molecule has 0 saturated carbocycles. The molecule has 0 aromatic heterocycles. The molecule has 0 atom stereocenters. The molecule has 0 spiro atoms. The summed E-state index contributed by atoms with van der Waals surface area (Å²) < 4.78 is 5.72. The summed E-state index contributed by atoms with van der Waals surface area (Å²) in [6.07, 6.45) is 3.75. The van der Waals surface area contributed by atoms with E-state index in [1.165, 1.54) is 25.9 Å². The minimum absolute atomic E-state index is 0.479. The number of ether oxygens (including phenoxy) is 1. The molecule has 2 N–H and O–H groups in total. The molecule has 1 fully saturated rings. The van der Waals surface area contributed by atoms with Crippen molar-refractivity contribution in [2.45, 2.75) is 33.1 Å². The monoisotopic (exact) mass is 262 g/mol. The Balaban J connectivity index is 1.67. The van der Waals surface area contributed by atoms with Crippen LogP contribution in [0, 0.1) is 5.41 Å². The molecule has 0 unspecified atom stereocenters. The SMILES string of the molecule is CC1(C)CCCN(CCCOc2cccc(N)c2)C1. The van der Waals surface area contributed by atoms with Crippen LogP contribution in [0.2, 0.25) is 0 Å². The topological polar surface area (TPSA) is 38.5 Å². The van der Waals surface area contributed by atoms with Crippen LogP contribution in [0.5, 0.6) is 5.75 Å². The van der Waals surface area contributed by atoms with Crippen molar-refractivity contribution in [1.82, 2.24) is 4.90 Å². The molecule has 3 nitrogen and oxygen atoms in total. The summed E-state index contributed by atoms with van der Waals surface area (Å²) in [4.78, 5) is 2.56. The lowest BCUT2D eigenvalue weighted by Gasteiger charge is -2.38. The first-order valence-electron chi connectivity index (χ1n) is 7.26. The van der Waals surface area contributed by atoms with Crippen LogP contribution in [0.3, 0.4) is 0 Å². The van der Waals surface area contributed by atoms with E-state index in [1.54, 1.807) is 0 Å². The van der Waals surface area contributed by atoms with E-state index in [0.29, 0.717) is 5.41 Å². The van der Waals surface area contributed by atoms with Crippen molar-refractivity contribution in [3.05, 3.63) is 24.3 Å². The second-order valence-corrected chi connectivity index (χ2v) is 6.32. The third-order valence-electron chi connectivity index (χ3n) is 3.73. The fourth-order valence-electron chi connectivity index (χ4n) is 2.82. The second-order valence-electron chi connectivity index (χ2n) is 6.32. The first kappa shape index (κ1) is 14.2. The predicted molar refractivity (Wildman–Crippen MR) is 80.4 cm³/mol. The third kappa shape index (κ3) is 4.75. The summed E-state index contributed by atoms with van der Waals surface area (Å²) in [6, 6.07) is 7.64. The number of benzene rings is 1. The maximum Gasteiger partial charge on any atom is 0.121 e. The molecular weight excluding hydrogens is 236 g/mol. The van der Waals surface area contributed by atoms with Gasteiger partial charge in [0.1, 0.15) is 5.75 Å². The maximum absolute atomic E-state index is 5.72. The summed E-state index contributed by atoms with van der Waals surface area (Å²) in [6.45, 7) is 9.07. The number of nitrogens with two attached hydrogens (primary N) is 1. The Morgan fingerprint density at radius 3 is 2.95 bits per heavy atom. The molecule has 1 aromatic rings. The van der Waals surface area contributed by atoms with Crippen molar-refractivity contribution in [1.29, 1.82) is 0 Å². The van der Waals surface area contributed by atoms with E-state index >= 15 is 0 Å². The van der Waals surface area contributed by atoms with Crippen LogP contribution in [-0.2, 0) is 0 Å². The molecule has 1 aliphatic rings. The van der Waals surface area contributed by atoms with Gasteiger partial charge in [-0.15, -0.1) is 0 Å². The van der Waals surface area contributed by atoms with Gasteiger partial charge < -0.3 is 15.4 Å². The molecule has 0 radical (unpaired) electrons. The standard InChI is InChI=1S/C16H26N2O/c1-16(2)8-4-9-18(13-16)10-5-11-19-15-7-3-6-14(17)12-15/h3,6-7,12H,4-5,8-11,13,17H2,1-2H3. The number of piperidine rings is 1. The van der Waals surface area contributed by atoms with Crippen LogP contribution in [0.4, 0.5) is 5.69 Å². The molecule has 3 heteroatoms. The highest BCUT2D eigenvalue weighted by atomic mass is 16.5. The number of rotatable bonds is 5. The molecular formula is C16H26N2O. The number of hydrogen-bond acceptors (Lipinski definition) is 3. The molecule has 0 amide bonds. The van der Waals surface area contributed by atoms with E-state index in [2.05, 4.69) is 18.7 Å². The van der Waals surface area contributed by atoms with E-state index in [0.717, 1.165) is 31.0 Å². The molecule has 1 heterocycles. The van der Waals surface area contributed by atoms with Gasteiger partial charge in [0.25, 0.3) is 0 Å². The van der Waals surface area contributed by atoms with Crippen molar-refractivity contribution in [2.24, 2.45) is 5.41 Å². The number of nitrogen functional groups attached to an aromatic ring is 1. The molecule has 106 valence electrons. The Kier molecular flexibility index (Phi) is 4.70. The van der Waals surface area contributed by atoms with E-state index in [1.807, 2.05) is 24.3 Å². The van der Waals surface area contributed by atoms with Gasteiger partial charge in [-0.1, -0.05) is 19.9 Å². The predicted octanol–water partition coefficient (Wildman–Crippen LogP) is 3.16. The fraction of sp³-hybridized carbons (Fsp3) is 0.625. The van der Waals surface area contributed by atoms with Gasteiger partial charge >= 0.3 is 0 Å². The zero-order chi connectivity index (χ0) is 13.7. The summed E-state index contributed by atoms with van der Waals surface area (Å²) in [7, 11) is 0. The molecule has 1 aliphatic heterocycles. The Morgan fingerprint density at radius 2 is 2.21 bits per heavy atom. The van der Waals surface area contributed by atoms with Gasteiger partial charge in [0.2, 0.25) is 0 Å². The number of anilines is 1. The van der Waals surface area contributed by atoms with Crippen LogP contribution >= 0.6 is 0 Å². The van der Waals surface area contributed by atoms with Gasteiger partial charge in [0, 0.05) is 24.8 Å². The Hall–Kier alpha value is -1.22. The van der Waals surface area contributed by atoms with Crippen molar-refractivity contribution < 1.29 is 4.74 Å². The Bertz CT molecular complexity index is 403. The number of hydrogen-bond donors (Lipinski definition) is 1. The minimum Gasteiger partial charge on any atom is -0.493 e. The summed E-state index contributed by atoms with van der Waals surface area (Å²) in [5.74, 6) is 0.874. The molecule has 2 rings (SSSR count). The maximum atomic E-state index is 5.72. The van der Waals surface area contributed by atoms with Gasteiger partial charge in [0.05, 0.1) is 6.61 Å². The average Bonchev–Trinajstić information content (AvgIpc) is 2.34. The second kappa shape index (κ2) is 6.29. The average molecular weight is 262 g/mol. The summed E-state index contributed by atoms with van der Waals surface area (Å²) in [5, 5.41) is 0. The first-order valence-corrected chi connectivity index (χ1v) is 7.26. The third-order valence-corrected chi connectivity index (χ3v) is 3.73. The van der Waals surface area contributed by atoms with Gasteiger partial charge in [-0.2, -0.15) is 0 Å². The van der Waals surface area contributed by atoms with E-state index in [9.17, 15) is 0 Å². The molecule has 1 saturated heterocycles. The van der Waals surface area contributed by atoms with Gasteiger partial charge in [-0.25, -0.2) is 0 Å². The Morgan fingerprint density at radius 1 is 1.37 bits per heavy atom. The van der Waals surface area contributed by atoms with Gasteiger partial charge in [0.15, 0.2) is 0 Å². The number of likely N-dealkylation sites (tertiary alicyclic amines) is 1. The van der Waals surface area contributed by atoms with Gasteiger partial charge in [-0.3, -0.25) is 0 Å². The van der Waals surface area contributed by atoms with E-state index in [-0.39, 0.29) is 0 Å². The lowest BCUT2D eigenvalue weighted by atomic mass is 9.84. The van der Waals surface area contributed by atoms with Crippen LogP contribution in [0.25, 0.3) is 0 Å². The van der Waals surface area contributed by atoms with E-state index < -0.39 is 0 Å². The van der Waals surface area contributed by atoms with Crippen molar-refractivity contribution in [3.63, 3.8) is 0 Å². The van der Waals surface area contributed by atoms with Crippen molar-refractivity contribution in [3.8, 4) is 5.75 Å². The fourth-order valence-corrected chi connectivity index (χ4v) is 2.82.